The highest BCUT2D eigenvalue weighted by Crippen LogP contribution is 2.37. The summed E-state index contributed by atoms with van der Waals surface area (Å²) in [7, 11) is 0. The molecule has 1 aromatic carbocycles. The molecule has 0 aliphatic carbocycles. The van der Waals surface area contributed by atoms with Gasteiger partial charge in [0.25, 0.3) is 0 Å². The Bertz CT molecular complexity index is 811. The molecule has 112 valence electrons. The van der Waals surface area contributed by atoms with Crippen LogP contribution in [0.4, 0.5) is 5.95 Å². The molecule has 2 aromatic rings. The van der Waals surface area contributed by atoms with Gasteiger partial charge in [-0.2, -0.15) is 10.1 Å². The van der Waals surface area contributed by atoms with E-state index in [-0.39, 0.29) is 18.5 Å². The van der Waals surface area contributed by atoms with Gasteiger partial charge in [-0.1, -0.05) is 6.07 Å². The van der Waals surface area contributed by atoms with Crippen LogP contribution in [0.3, 0.4) is 0 Å². The molecule has 22 heavy (non-hydrogen) atoms. The maximum absolute atomic E-state index is 11.3. The first kappa shape index (κ1) is 12.7. The van der Waals surface area contributed by atoms with Crippen molar-refractivity contribution in [1.29, 1.82) is 0 Å². The van der Waals surface area contributed by atoms with E-state index in [9.17, 15) is 9.90 Å². The summed E-state index contributed by atoms with van der Waals surface area (Å²) in [6, 6.07) is 5.12. The molecule has 0 unspecified atom stereocenters. The number of carboxylic acids is 1. The fourth-order valence-corrected chi connectivity index (χ4v) is 2.56. The van der Waals surface area contributed by atoms with Crippen molar-refractivity contribution in [3.05, 3.63) is 41.4 Å². The number of rotatable bonds is 2. The topological polar surface area (TPSA) is 98.5 Å². The van der Waals surface area contributed by atoms with Crippen molar-refractivity contribution >= 4 is 11.9 Å². The van der Waals surface area contributed by atoms with E-state index in [1.807, 2.05) is 12.1 Å². The Balaban J connectivity index is 1.83. The number of benzene rings is 1. The summed E-state index contributed by atoms with van der Waals surface area (Å²) in [4.78, 5) is 15.5. The van der Waals surface area contributed by atoms with Crippen LogP contribution in [0.1, 0.15) is 17.4 Å². The molecule has 0 radical (unpaired) electrons. The van der Waals surface area contributed by atoms with Crippen molar-refractivity contribution in [1.82, 2.24) is 14.8 Å². The fourth-order valence-electron chi connectivity index (χ4n) is 2.56. The van der Waals surface area contributed by atoms with Gasteiger partial charge in [-0.25, -0.2) is 9.48 Å². The van der Waals surface area contributed by atoms with Gasteiger partial charge in [-0.05, 0) is 30.7 Å². The second kappa shape index (κ2) is 4.48. The van der Waals surface area contributed by atoms with Crippen LogP contribution in [0, 0.1) is 6.92 Å². The summed E-state index contributed by atoms with van der Waals surface area (Å²) in [6.45, 7) is 1.94. The lowest BCUT2D eigenvalue weighted by Crippen LogP contribution is -2.24. The summed E-state index contributed by atoms with van der Waals surface area (Å²) in [6.07, 6.45) is 1.60. The number of allylic oxidation sites excluding steroid dienone is 1. The smallest absolute Gasteiger partial charge is 0.352 e. The maximum atomic E-state index is 11.3. The lowest BCUT2D eigenvalue weighted by molar-refractivity contribution is -0.132. The Kier molecular flexibility index (Phi) is 2.59. The number of aliphatic carboxylic acids is 1. The van der Waals surface area contributed by atoms with Gasteiger partial charge < -0.3 is 19.9 Å². The van der Waals surface area contributed by atoms with E-state index < -0.39 is 5.97 Å². The zero-order chi connectivity index (χ0) is 15.3. The quantitative estimate of drug-likeness (QED) is 0.862. The number of carbonyl (C=O) groups is 1. The van der Waals surface area contributed by atoms with Gasteiger partial charge in [0, 0.05) is 0 Å². The average molecular weight is 300 g/mol. The molecule has 0 spiro atoms. The van der Waals surface area contributed by atoms with Gasteiger partial charge in [0.15, 0.2) is 11.5 Å². The van der Waals surface area contributed by atoms with E-state index in [2.05, 4.69) is 15.4 Å². The molecule has 3 heterocycles. The van der Waals surface area contributed by atoms with Crippen LogP contribution < -0.4 is 14.8 Å². The van der Waals surface area contributed by atoms with E-state index in [0.29, 0.717) is 23.3 Å². The Labute approximate surface area is 125 Å². The second-order valence-electron chi connectivity index (χ2n) is 5.00. The van der Waals surface area contributed by atoms with E-state index in [1.54, 1.807) is 23.7 Å². The first-order chi connectivity index (χ1) is 10.6. The highest BCUT2D eigenvalue weighted by Gasteiger charge is 2.27. The number of nitrogens with one attached hydrogen (secondary N) is 1. The van der Waals surface area contributed by atoms with Crippen LogP contribution in [-0.2, 0) is 4.79 Å². The van der Waals surface area contributed by atoms with Crippen molar-refractivity contribution < 1.29 is 19.4 Å². The number of ether oxygens (including phenoxy) is 2. The predicted octanol–water partition coefficient (Wildman–Crippen LogP) is 1.30. The van der Waals surface area contributed by atoms with Gasteiger partial charge in [0.1, 0.15) is 17.6 Å². The van der Waals surface area contributed by atoms with Crippen molar-refractivity contribution in [2.45, 2.75) is 13.0 Å². The molecule has 1 atom stereocenters. The Morgan fingerprint density at radius 1 is 1.41 bits per heavy atom. The van der Waals surface area contributed by atoms with E-state index in [1.165, 1.54) is 0 Å². The summed E-state index contributed by atoms with van der Waals surface area (Å²) in [5, 5.41) is 16.4. The zero-order valence-corrected chi connectivity index (χ0v) is 11.6. The molecule has 1 aromatic heterocycles. The standard InChI is InChI=1S/C14H12N4O4/c1-7-15-14-16-9(13(19)20)5-10(18(14)17-7)8-2-3-11-12(4-8)22-6-21-11/h2-5,10H,6H2,1H3,(H,19,20)(H,15,16,17)/t10-/m1/s1. The van der Waals surface area contributed by atoms with Gasteiger partial charge >= 0.3 is 5.97 Å². The summed E-state index contributed by atoms with van der Waals surface area (Å²) >= 11 is 0. The molecular formula is C14H12N4O4. The minimum absolute atomic E-state index is 0.0718. The number of fused-ring (bicyclic) bond motifs is 2. The Hall–Kier alpha value is -3.03. The zero-order valence-electron chi connectivity index (χ0n) is 11.6. The van der Waals surface area contributed by atoms with Crippen molar-refractivity contribution in [3.8, 4) is 11.5 Å². The first-order valence-electron chi connectivity index (χ1n) is 6.66. The monoisotopic (exact) mass is 300 g/mol. The number of hydrogen-bond acceptors (Lipinski definition) is 6. The number of nitrogens with zero attached hydrogens (tertiary/aromatic N) is 3. The average Bonchev–Trinajstić information content (AvgIpc) is 3.09. The number of carboxylic acid groups (broad SMARTS) is 1. The van der Waals surface area contributed by atoms with Crippen LogP contribution in [0.25, 0.3) is 0 Å². The molecule has 4 rings (SSSR count). The van der Waals surface area contributed by atoms with Gasteiger partial charge in [-0.3, -0.25) is 0 Å². The van der Waals surface area contributed by atoms with E-state index in [4.69, 9.17) is 9.47 Å². The molecule has 0 bridgehead atoms. The highest BCUT2D eigenvalue weighted by atomic mass is 16.7. The molecule has 2 N–H and O–H groups in total. The third-order valence-electron chi connectivity index (χ3n) is 3.54. The van der Waals surface area contributed by atoms with Crippen LogP contribution in [0.15, 0.2) is 30.0 Å². The van der Waals surface area contributed by atoms with Crippen molar-refractivity contribution in [2.75, 3.05) is 12.1 Å². The summed E-state index contributed by atoms with van der Waals surface area (Å²) in [5.74, 6) is 1.24. The molecule has 0 amide bonds. The molecule has 2 aliphatic rings. The Morgan fingerprint density at radius 2 is 2.23 bits per heavy atom. The lowest BCUT2D eigenvalue weighted by atomic mass is 10.0. The second-order valence-corrected chi connectivity index (χ2v) is 5.00. The van der Waals surface area contributed by atoms with E-state index in [0.717, 1.165) is 5.56 Å². The van der Waals surface area contributed by atoms with Gasteiger partial charge in [0.05, 0.1) is 0 Å². The molecular weight excluding hydrogens is 288 g/mol. The minimum atomic E-state index is -1.04. The van der Waals surface area contributed by atoms with E-state index >= 15 is 0 Å². The largest absolute Gasteiger partial charge is 0.477 e. The van der Waals surface area contributed by atoms with Gasteiger partial charge in [0.2, 0.25) is 12.7 Å². The third kappa shape index (κ3) is 1.88. The maximum Gasteiger partial charge on any atom is 0.352 e. The highest BCUT2D eigenvalue weighted by molar-refractivity contribution is 5.90. The fraction of sp³-hybridized carbons (Fsp3) is 0.214. The van der Waals surface area contributed by atoms with Crippen LogP contribution in [0.5, 0.6) is 11.5 Å². The van der Waals surface area contributed by atoms with Crippen LogP contribution in [0.2, 0.25) is 0 Å². The number of anilines is 1. The predicted molar refractivity (Wildman–Crippen MR) is 74.8 cm³/mol. The molecule has 8 heteroatoms. The molecule has 0 saturated heterocycles. The lowest BCUT2D eigenvalue weighted by Gasteiger charge is -2.22. The first-order valence-corrected chi connectivity index (χ1v) is 6.66. The molecule has 8 nitrogen and oxygen atoms in total. The minimum Gasteiger partial charge on any atom is -0.477 e. The molecule has 2 aliphatic heterocycles. The van der Waals surface area contributed by atoms with Crippen molar-refractivity contribution in [3.63, 3.8) is 0 Å². The summed E-state index contributed by atoms with van der Waals surface area (Å²) < 4.78 is 12.3. The number of hydrogen-bond donors (Lipinski definition) is 2. The van der Waals surface area contributed by atoms with Gasteiger partial charge in [-0.15, -0.1) is 0 Å². The number of aromatic nitrogens is 3. The van der Waals surface area contributed by atoms with Crippen LogP contribution in [-0.4, -0.2) is 32.6 Å². The summed E-state index contributed by atoms with van der Waals surface area (Å²) in [5.41, 5.74) is 0.915. The number of aryl methyl sites for hydroxylation is 1. The Morgan fingerprint density at radius 3 is 3.05 bits per heavy atom. The third-order valence-corrected chi connectivity index (χ3v) is 3.54. The molecule has 0 fully saturated rings. The van der Waals surface area contributed by atoms with Crippen LogP contribution >= 0.6 is 0 Å². The normalized spacial score (nSPS) is 18.4. The van der Waals surface area contributed by atoms with Crippen molar-refractivity contribution in [2.24, 2.45) is 0 Å². The molecule has 0 saturated carbocycles. The SMILES string of the molecule is Cc1nc2n(n1)[C@@H](c1ccc3c(c1)OCO3)C=C(C(=O)O)N2.